The van der Waals surface area contributed by atoms with E-state index >= 15 is 0 Å². The van der Waals surface area contributed by atoms with Crippen LogP contribution >= 0.6 is 34.8 Å². The van der Waals surface area contributed by atoms with Crippen LogP contribution in [0.2, 0.25) is 15.1 Å². The van der Waals surface area contributed by atoms with Gasteiger partial charge in [-0.25, -0.2) is 9.78 Å². The summed E-state index contributed by atoms with van der Waals surface area (Å²) in [6.07, 6.45) is 2.66. The maximum Gasteiger partial charge on any atom is 0.410 e. The van der Waals surface area contributed by atoms with Gasteiger partial charge in [-0.15, -0.1) is 0 Å². The van der Waals surface area contributed by atoms with E-state index in [0.29, 0.717) is 80.5 Å². The molecule has 0 spiro atoms. The van der Waals surface area contributed by atoms with Crippen LogP contribution in [0.25, 0.3) is 33.6 Å². The molecule has 0 saturated carbocycles. The van der Waals surface area contributed by atoms with Crippen LogP contribution in [-0.4, -0.2) is 81.4 Å². The summed E-state index contributed by atoms with van der Waals surface area (Å²) >= 11 is 21.1. The summed E-state index contributed by atoms with van der Waals surface area (Å²) in [5.74, 6) is 0.298. The molecule has 6 rings (SSSR count). The monoisotopic (exact) mass is 779 g/mol. The molecule has 2 atom stereocenters. The Hall–Kier alpha value is -3.93. The van der Waals surface area contributed by atoms with Crippen molar-refractivity contribution < 1.29 is 24.2 Å². The number of ether oxygens (including phenoxy) is 2. The van der Waals surface area contributed by atoms with Gasteiger partial charge in [0.15, 0.2) is 0 Å². The van der Waals surface area contributed by atoms with Gasteiger partial charge in [-0.1, -0.05) is 53.0 Å². The Morgan fingerprint density at radius 2 is 1.83 bits per heavy atom. The number of fused-ring (bicyclic) bond motifs is 1. The second-order valence-corrected chi connectivity index (χ2v) is 15.8. The molecular weight excluding hydrogens is 737 g/mol. The first-order chi connectivity index (χ1) is 25.2. The first-order valence-electron chi connectivity index (χ1n) is 17.7. The lowest BCUT2D eigenvalue weighted by molar-refractivity contribution is -0.119. The smallest absolute Gasteiger partial charge is 0.410 e. The summed E-state index contributed by atoms with van der Waals surface area (Å²) in [7, 11) is 1.53. The fraction of sp³-hybridized carbons (Fsp3) is 0.400. The molecule has 0 unspecified atom stereocenters. The number of halogens is 3. The molecule has 2 aliphatic rings. The number of carbonyl (C=O) groups excluding carboxylic acids is 2. The van der Waals surface area contributed by atoms with E-state index in [1.54, 1.807) is 18.0 Å². The molecule has 4 aromatic rings. The minimum Gasteiger partial charge on any atom is -0.481 e. The predicted octanol–water partition coefficient (Wildman–Crippen LogP) is 8.20. The summed E-state index contributed by atoms with van der Waals surface area (Å²) in [6.45, 7) is 9.76. The number of aromatic nitrogens is 2. The van der Waals surface area contributed by atoms with Gasteiger partial charge in [0.05, 0.1) is 41.2 Å². The lowest BCUT2D eigenvalue weighted by Crippen LogP contribution is -2.43. The van der Waals surface area contributed by atoms with Crippen LogP contribution in [-0.2, 0) is 29.0 Å². The molecule has 53 heavy (non-hydrogen) atoms. The molecule has 2 N–H and O–H groups in total. The Kier molecular flexibility index (Phi) is 11.9. The highest BCUT2D eigenvalue weighted by atomic mass is 35.5. The van der Waals surface area contributed by atoms with Crippen LogP contribution in [0.15, 0.2) is 54.7 Å². The number of benzene rings is 2. The number of rotatable bonds is 10. The summed E-state index contributed by atoms with van der Waals surface area (Å²) in [5.41, 5.74) is 6.22. The quantitative estimate of drug-likeness (QED) is 0.166. The lowest BCUT2D eigenvalue weighted by Gasteiger charge is -2.30. The number of β-amino-alcohol motifs (C(OH)–C–C–N with tert-alkyl or cyclic N) is 1. The third-order valence-electron chi connectivity index (χ3n) is 9.29. The molecule has 1 fully saturated rings. The minimum absolute atomic E-state index is 0.0316. The van der Waals surface area contributed by atoms with E-state index in [4.69, 9.17) is 49.3 Å². The highest BCUT2D eigenvalue weighted by Gasteiger charge is 2.30. The normalized spacial score (nSPS) is 16.5. The lowest BCUT2D eigenvalue weighted by atomic mass is 9.94. The third-order valence-corrected chi connectivity index (χ3v) is 10.4. The van der Waals surface area contributed by atoms with Crippen LogP contribution in [0.4, 0.5) is 4.79 Å². The zero-order valence-electron chi connectivity index (χ0n) is 30.5. The maximum absolute atomic E-state index is 13.3. The van der Waals surface area contributed by atoms with Crippen molar-refractivity contribution >= 4 is 46.8 Å². The van der Waals surface area contributed by atoms with Crippen LogP contribution < -0.4 is 10.1 Å². The maximum atomic E-state index is 13.3. The molecule has 0 aliphatic carbocycles. The molecule has 0 radical (unpaired) electrons. The Morgan fingerprint density at radius 1 is 1.08 bits per heavy atom. The summed E-state index contributed by atoms with van der Waals surface area (Å²) < 4.78 is 11.4. The van der Waals surface area contributed by atoms with Crippen molar-refractivity contribution in [3.63, 3.8) is 0 Å². The molecule has 10 nitrogen and oxygen atoms in total. The highest BCUT2D eigenvalue weighted by molar-refractivity contribution is 6.39. The number of carbonyl (C=O) groups is 2. The zero-order chi connectivity index (χ0) is 38.0. The van der Waals surface area contributed by atoms with Crippen LogP contribution in [0, 0.1) is 0 Å². The summed E-state index contributed by atoms with van der Waals surface area (Å²) in [6, 6.07) is 15.0. The second-order valence-electron chi connectivity index (χ2n) is 14.6. The van der Waals surface area contributed by atoms with Gasteiger partial charge in [0.25, 0.3) is 0 Å². The van der Waals surface area contributed by atoms with Gasteiger partial charge in [0.2, 0.25) is 11.8 Å². The molecule has 2 aromatic heterocycles. The average Bonchev–Trinajstić information content (AvgIpc) is 3.52. The zero-order valence-corrected chi connectivity index (χ0v) is 32.8. The van der Waals surface area contributed by atoms with Gasteiger partial charge in [-0.3, -0.25) is 14.7 Å². The largest absolute Gasteiger partial charge is 0.481 e. The number of nitrogens with zero attached hydrogens (tertiary/aromatic N) is 4. The Bertz CT molecular complexity index is 2020. The first kappa shape index (κ1) is 38.8. The van der Waals surface area contributed by atoms with E-state index in [9.17, 15) is 14.7 Å². The topological polar surface area (TPSA) is 117 Å². The number of methoxy groups -OCH3 is 1. The average molecular weight is 781 g/mol. The van der Waals surface area contributed by atoms with E-state index < -0.39 is 17.8 Å². The molecule has 1 saturated heterocycles. The van der Waals surface area contributed by atoms with Crippen molar-refractivity contribution in [1.29, 1.82) is 0 Å². The molecule has 0 bridgehead atoms. The number of aliphatic hydroxyl groups is 1. The molecule has 2 aliphatic heterocycles. The van der Waals surface area contributed by atoms with Crippen molar-refractivity contribution in [3.8, 4) is 39.5 Å². The van der Waals surface area contributed by atoms with Gasteiger partial charge in [0.1, 0.15) is 5.60 Å². The molecule has 2 amide bonds. The van der Waals surface area contributed by atoms with Crippen LogP contribution in [0.1, 0.15) is 57.2 Å². The van der Waals surface area contributed by atoms with Crippen molar-refractivity contribution in [2.24, 2.45) is 0 Å². The fourth-order valence-corrected chi connectivity index (χ4v) is 7.81. The van der Waals surface area contributed by atoms with E-state index in [1.807, 2.05) is 63.2 Å². The molecular formula is C40H44Cl3N5O5. The van der Waals surface area contributed by atoms with Gasteiger partial charge in [0, 0.05) is 77.7 Å². The summed E-state index contributed by atoms with van der Waals surface area (Å²) in [5, 5.41) is 14.3. The highest BCUT2D eigenvalue weighted by Crippen LogP contribution is 2.43. The standard InChI is InChI=1S/C40H44Cl3N5O5/c1-23(49)19-47-16-14-24-17-26(18-32(41)31(24)22-47)37-36(43)29(13-15-44-37)28-7-6-8-30(35(28)42)33-11-9-25(38(46-33)52-5)20-48(39(51)53-40(2,3)4)21-27-10-12-34(50)45-27/h6-9,11,13,15,17-18,23,27,49H,10,12,14,16,19-22H2,1-5H3,(H,45,50)/t23-,27-/m0/s1. The van der Waals surface area contributed by atoms with E-state index in [2.05, 4.69) is 21.3 Å². The Labute approximate surface area is 325 Å². The first-order valence-corrected chi connectivity index (χ1v) is 18.8. The predicted molar refractivity (Wildman–Crippen MR) is 208 cm³/mol. The summed E-state index contributed by atoms with van der Waals surface area (Å²) in [4.78, 5) is 38.4. The molecule has 13 heteroatoms. The van der Waals surface area contributed by atoms with Gasteiger partial charge >= 0.3 is 6.09 Å². The van der Waals surface area contributed by atoms with Crippen molar-refractivity contribution in [2.45, 2.75) is 77.8 Å². The number of amides is 2. The van der Waals surface area contributed by atoms with Crippen molar-refractivity contribution in [1.82, 2.24) is 25.1 Å². The van der Waals surface area contributed by atoms with Crippen molar-refractivity contribution in [3.05, 3.63) is 86.5 Å². The van der Waals surface area contributed by atoms with E-state index in [1.165, 1.54) is 7.11 Å². The molecule has 4 heterocycles. The van der Waals surface area contributed by atoms with Gasteiger partial charge < -0.3 is 24.8 Å². The molecule has 280 valence electrons. The number of aliphatic hydroxyl groups excluding tert-OH is 1. The number of nitrogens with one attached hydrogen (secondary N) is 1. The van der Waals surface area contributed by atoms with E-state index in [0.717, 1.165) is 29.7 Å². The van der Waals surface area contributed by atoms with Crippen LogP contribution in [0.3, 0.4) is 0 Å². The van der Waals surface area contributed by atoms with Gasteiger partial charge in [-0.05, 0) is 82.0 Å². The second kappa shape index (κ2) is 16.2. The van der Waals surface area contributed by atoms with Crippen molar-refractivity contribution in [2.75, 3.05) is 26.7 Å². The molecule has 2 aromatic carbocycles. The SMILES string of the molecule is COc1nc(-c2cccc(-c3ccnc(-c4cc(Cl)c5c(c4)CCN(C[C@H](C)O)C5)c3Cl)c2Cl)ccc1CN(C[C@@H]1CCC(=O)N1)C(=O)OC(C)(C)C. The Morgan fingerprint density at radius 3 is 2.53 bits per heavy atom. The van der Waals surface area contributed by atoms with Crippen LogP contribution in [0.5, 0.6) is 5.88 Å². The number of pyridine rings is 2. The minimum atomic E-state index is -0.698. The number of hydrogen-bond acceptors (Lipinski definition) is 8. The Balaban J connectivity index is 1.28. The fourth-order valence-electron chi connectivity index (χ4n) is 6.86. The third kappa shape index (κ3) is 9.07. The number of hydrogen-bond donors (Lipinski definition) is 2. The van der Waals surface area contributed by atoms with Gasteiger partial charge in [-0.2, -0.15) is 0 Å². The van der Waals surface area contributed by atoms with E-state index in [-0.39, 0.29) is 25.0 Å².